The van der Waals surface area contributed by atoms with Crippen LogP contribution in [0.2, 0.25) is 0 Å². The maximum Gasteiger partial charge on any atom is 0.303 e. The van der Waals surface area contributed by atoms with E-state index in [-0.39, 0.29) is 12.1 Å². The number of pyridine rings is 3. The minimum atomic E-state index is -0.871. The van der Waals surface area contributed by atoms with Crippen molar-refractivity contribution in [3.05, 3.63) is 130 Å². The number of methoxy groups -OCH3 is 1. The highest BCUT2D eigenvalue weighted by Crippen LogP contribution is 2.34. The number of nitriles is 1. The van der Waals surface area contributed by atoms with Crippen LogP contribution in [0, 0.1) is 18.3 Å². The molecule has 0 bridgehead atoms. The molecular weight excluding hydrogens is 610 g/mol. The number of rotatable bonds is 14. The molecule has 0 aliphatic heterocycles. The predicted octanol–water partition coefficient (Wildman–Crippen LogP) is 7.54. The lowest BCUT2D eigenvalue weighted by Gasteiger charge is -2.23. The summed E-state index contributed by atoms with van der Waals surface area (Å²) in [6.07, 6.45) is 8.78. The summed E-state index contributed by atoms with van der Waals surface area (Å²) in [4.78, 5) is 28.0. The van der Waals surface area contributed by atoms with Crippen LogP contribution in [0.4, 0.5) is 0 Å². The van der Waals surface area contributed by atoms with Crippen molar-refractivity contribution in [2.24, 2.45) is 0 Å². The average molecular weight is 652 g/mol. The van der Waals surface area contributed by atoms with Crippen molar-refractivity contribution >= 4 is 5.97 Å². The fourth-order valence-electron chi connectivity index (χ4n) is 6.73. The molecule has 0 radical (unpaired) electrons. The number of carbonyl (C=O) groups is 1. The van der Waals surface area contributed by atoms with Gasteiger partial charge in [-0.3, -0.25) is 19.7 Å². The standard InChI is InChI=1S/C41H41N5O3/c1-28-19-33(25-44-40(28)37-21-30(16-17-39(47)48)24-43-38(37)23-42)41-36-15-7-12-32(36)22-34(45-41)13-8-18-46(26-29-9-4-3-5-10-29)27-31-11-6-14-35(20-31)49-2/h3-6,9-11,14,19-22,24-25H,7-8,12-13,15-18,26-27H2,1-2H3,(H,47,48). The summed E-state index contributed by atoms with van der Waals surface area (Å²) in [5, 5.41) is 18.9. The van der Waals surface area contributed by atoms with Gasteiger partial charge < -0.3 is 9.84 Å². The number of ether oxygens (including phenoxy) is 1. The fourth-order valence-corrected chi connectivity index (χ4v) is 6.73. The number of fused-ring (bicyclic) bond motifs is 1. The minimum absolute atomic E-state index is 0.00119. The van der Waals surface area contributed by atoms with E-state index in [9.17, 15) is 10.1 Å². The highest BCUT2D eigenvalue weighted by Gasteiger charge is 2.21. The van der Waals surface area contributed by atoms with Gasteiger partial charge in [-0.2, -0.15) is 5.26 Å². The average Bonchev–Trinajstić information content (AvgIpc) is 3.59. The molecule has 8 heteroatoms. The van der Waals surface area contributed by atoms with E-state index in [2.05, 4.69) is 70.6 Å². The van der Waals surface area contributed by atoms with Gasteiger partial charge in [0.15, 0.2) is 0 Å². The Bertz CT molecular complexity index is 1990. The van der Waals surface area contributed by atoms with Gasteiger partial charge in [-0.1, -0.05) is 42.5 Å². The number of carboxylic acids is 1. The van der Waals surface area contributed by atoms with Gasteiger partial charge in [0.25, 0.3) is 0 Å². The molecule has 0 saturated carbocycles. The first-order chi connectivity index (χ1) is 23.9. The van der Waals surface area contributed by atoms with Gasteiger partial charge in [0.1, 0.15) is 17.5 Å². The number of nitrogens with zero attached hydrogens (tertiary/aromatic N) is 5. The monoisotopic (exact) mass is 651 g/mol. The lowest BCUT2D eigenvalue weighted by molar-refractivity contribution is -0.136. The zero-order valence-corrected chi connectivity index (χ0v) is 28.2. The first kappa shape index (κ1) is 33.5. The third-order valence-electron chi connectivity index (χ3n) is 9.12. The number of aliphatic carboxylic acids is 1. The molecule has 0 spiro atoms. The third kappa shape index (κ3) is 8.37. The van der Waals surface area contributed by atoms with Crippen LogP contribution in [0.5, 0.6) is 5.75 Å². The molecule has 3 aromatic heterocycles. The Morgan fingerprint density at radius 1 is 0.918 bits per heavy atom. The number of hydrogen-bond acceptors (Lipinski definition) is 7. The quantitative estimate of drug-likeness (QED) is 0.131. The summed E-state index contributed by atoms with van der Waals surface area (Å²) >= 11 is 0. The summed E-state index contributed by atoms with van der Waals surface area (Å²) in [6.45, 7) is 4.61. The van der Waals surface area contributed by atoms with Crippen LogP contribution in [0.1, 0.15) is 64.0 Å². The number of aromatic nitrogens is 3. The van der Waals surface area contributed by atoms with Gasteiger partial charge >= 0.3 is 5.97 Å². The Balaban J connectivity index is 1.22. The van der Waals surface area contributed by atoms with Gasteiger partial charge in [0.2, 0.25) is 0 Å². The second-order valence-corrected chi connectivity index (χ2v) is 12.7. The second kappa shape index (κ2) is 15.7. The fraction of sp³-hybridized carbons (Fsp3) is 0.293. The van der Waals surface area contributed by atoms with Crippen LogP contribution < -0.4 is 4.74 Å². The van der Waals surface area contributed by atoms with Gasteiger partial charge in [-0.15, -0.1) is 0 Å². The highest BCUT2D eigenvalue weighted by atomic mass is 16.5. The van der Waals surface area contributed by atoms with Crippen LogP contribution in [0.3, 0.4) is 0 Å². The molecule has 0 unspecified atom stereocenters. The van der Waals surface area contributed by atoms with Crippen LogP contribution in [-0.2, 0) is 43.6 Å². The highest BCUT2D eigenvalue weighted by molar-refractivity contribution is 5.73. The molecule has 8 nitrogen and oxygen atoms in total. The molecule has 2 aromatic carbocycles. The normalized spacial score (nSPS) is 12.1. The molecule has 1 aliphatic rings. The third-order valence-corrected chi connectivity index (χ3v) is 9.12. The van der Waals surface area contributed by atoms with E-state index < -0.39 is 5.97 Å². The summed E-state index contributed by atoms with van der Waals surface area (Å²) in [6, 6.07) is 27.3. The van der Waals surface area contributed by atoms with Crippen LogP contribution in [-0.4, -0.2) is 44.6 Å². The number of carboxylic acid groups (broad SMARTS) is 1. The van der Waals surface area contributed by atoms with E-state index in [0.717, 1.165) is 85.6 Å². The van der Waals surface area contributed by atoms with E-state index in [4.69, 9.17) is 19.8 Å². The summed E-state index contributed by atoms with van der Waals surface area (Å²) in [5.41, 5.74) is 11.5. The maximum atomic E-state index is 11.1. The van der Waals surface area contributed by atoms with Crippen molar-refractivity contribution < 1.29 is 14.6 Å². The Kier molecular flexibility index (Phi) is 10.7. The first-order valence-corrected chi connectivity index (χ1v) is 16.9. The molecule has 248 valence electrons. The predicted molar refractivity (Wildman–Crippen MR) is 190 cm³/mol. The van der Waals surface area contributed by atoms with Crippen LogP contribution in [0.25, 0.3) is 22.5 Å². The molecule has 0 saturated heterocycles. The van der Waals surface area contributed by atoms with Gasteiger partial charge in [-0.25, -0.2) is 4.98 Å². The van der Waals surface area contributed by atoms with Crippen LogP contribution >= 0.6 is 0 Å². The molecule has 0 amide bonds. The van der Waals surface area contributed by atoms with Crippen molar-refractivity contribution in [1.29, 1.82) is 5.26 Å². The summed E-state index contributed by atoms with van der Waals surface area (Å²) < 4.78 is 5.48. The topological polar surface area (TPSA) is 112 Å². The van der Waals surface area contributed by atoms with Gasteiger partial charge in [0.05, 0.1) is 18.5 Å². The second-order valence-electron chi connectivity index (χ2n) is 12.7. The lowest BCUT2D eigenvalue weighted by Crippen LogP contribution is -2.24. The molecule has 5 aromatic rings. The Morgan fingerprint density at radius 3 is 2.51 bits per heavy atom. The zero-order chi connectivity index (χ0) is 34.2. The molecule has 49 heavy (non-hydrogen) atoms. The van der Waals surface area contributed by atoms with Crippen molar-refractivity contribution in [2.45, 2.75) is 65.0 Å². The van der Waals surface area contributed by atoms with E-state index >= 15 is 0 Å². The number of benzene rings is 2. The SMILES string of the molecule is COc1cccc(CN(CCCc2cc3c(c(-c4cnc(-c5cc(CCC(=O)O)cnc5C#N)c(C)c4)n2)CCC3)Cc2ccccc2)c1. The van der Waals surface area contributed by atoms with E-state index in [1.165, 1.54) is 22.3 Å². The van der Waals surface area contributed by atoms with E-state index in [0.29, 0.717) is 17.7 Å². The van der Waals surface area contributed by atoms with Gasteiger partial charge in [0, 0.05) is 48.7 Å². The first-order valence-electron chi connectivity index (χ1n) is 16.9. The summed E-state index contributed by atoms with van der Waals surface area (Å²) in [5.74, 6) is 0.000731. The van der Waals surface area contributed by atoms with Crippen molar-refractivity contribution in [3.8, 4) is 34.3 Å². The Hall–Kier alpha value is -5.39. The zero-order valence-electron chi connectivity index (χ0n) is 28.2. The smallest absolute Gasteiger partial charge is 0.303 e. The Labute approximate surface area is 288 Å². The molecule has 0 fully saturated rings. The lowest BCUT2D eigenvalue weighted by atomic mass is 9.98. The summed E-state index contributed by atoms with van der Waals surface area (Å²) in [7, 11) is 1.71. The van der Waals surface area contributed by atoms with Crippen molar-refractivity contribution in [1.82, 2.24) is 19.9 Å². The molecule has 3 heterocycles. The van der Waals surface area contributed by atoms with E-state index in [1.54, 1.807) is 13.3 Å². The Morgan fingerprint density at radius 2 is 1.73 bits per heavy atom. The number of aryl methyl sites for hydroxylation is 4. The maximum absolute atomic E-state index is 11.1. The van der Waals surface area contributed by atoms with Crippen LogP contribution in [0.15, 0.2) is 85.2 Å². The largest absolute Gasteiger partial charge is 0.497 e. The van der Waals surface area contributed by atoms with E-state index in [1.807, 2.05) is 31.3 Å². The minimum Gasteiger partial charge on any atom is -0.497 e. The molecule has 6 rings (SSSR count). The van der Waals surface area contributed by atoms with Crippen molar-refractivity contribution in [3.63, 3.8) is 0 Å². The van der Waals surface area contributed by atoms with Gasteiger partial charge in [-0.05, 0) is 116 Å². The molecule has 1 N–H and O–H groups in total. The molecular formula is C41H41N5O3. The molecule has 0 atom stereocenters. The number of hydrogen-bond donors (Lipinski definition) is 1. The molecule has 1 aliphatic carbocycles. The van der Waals surface area contributed by atoms with Crippen molar-refractivity contribution in [2.75, 3.05) is 13.7 Å².